The van der Waals surface area contributed by atoms with Crippen LogP contribution in [-0.2, 0) is 16.0 Å². The van der Waals surface area contributed by atoms with E-state index >= 15 is 0 Å². The van der Waals surface area contributed by atoms with Crippen molar-refractivity contribution in [3.8, 4) is 0 Å². The molecule has 0 aliphatic heterocycles. The summed E-state index contributed by atoms with van der Waals surface area (Å²) >= 11 is 0. The van der Waals surface area contributed by atoms with Crippen molar-refractivity contribution in [3.05, 3.63) is 35.4 Å². The second-order valence-electron chi connectivity index (χ2n) is 4.22. The third-order valence-electron chi connectivity index (χ3n) is 2.90. The Morgan fingerprint density at radius 1 is 1.44 bits per heavy atom. The number of fused-ring (bicyclic) bond motifs is 1. The van der Waals surface area contributed by atoms with Gasteiger partial charge in [0.2, 0.25) is 5.78 Å². The molecule has 1 aliphatic carbocycles. The number of hydrogen-bond acceptors (Lipinski definition) is 3. The maximum absolute atomic E-state index is 12.1. The van der Waals surface area contributed by atoms with Crippen LogP contribution in [0, 0.1) is 0 Å². The molecule has 3 heteroatoms. The first-order valence-corrected chi connectivity index (χ1v) is 5.41. The summed E-state index contributed by atoms with van der Waals surface area (Å²) in [5, 5.41) is 0. The lowest BCUT2D eigenvalue weighted by atomic mass is 10.0. The molecular weight excluding hydrogens is 204 g/mol. The molecule has 0 spiro atoms. The molecule has 16 heavy (non-hydrogen) atoms. The molecule has 0 saturated heterocycles. The molecule has 0 radical (unpaired) electrons. The summed E-state index contributed by atoms with van der Waals surface area (Å²) in [6.07, 6.45) is 0.771. The van der Waals surface area contributed by atoms with Crippen molar-refractivity contribution in [2.45, 2.75) is 32.3 Å². The van der Waals surface area contributed by atoms with Gasteiger partial charge < -0.3 is 4.74 Å². The van der Waals surface area contributed by atoms with Gasteiger partial charge in [-0.3, -0.25) is 9.59 Å². The molecule has 2 rings (SSSR count). The van der Waals surface area contributed by atoms with Gasteiger partial charge in [-0.05, 0) is 12.5 Å². The lowest BCUT2D eigenvalue weighted by molar-refractivity contribution is -0.153. The normalized spacial score (nSPS) is 23.0. The average molecular weight is 218 g/mol. The van der Waals surface area contributed by atoms with Gasteiger partial charge in [0, 0.05) is 18.4 Å². The van der Waals surface area contributed by atoms with Crippen LogP contribution in [0.5, 0.6) is 0 Å². The number of carbonyl (C=O) groups excluding carboxylic acids is 2. The lowest BCUT2D eigenvalue weighted by Crippen LogP contribution is -2.37. The topological polar surface area (TPSA) is 43.4 Å². The highest BCUT2D eigenvalue weighted by Gasteiger charge is 2.44. The van der Waals surface area contributed by atoms with E-state index < -0.39 is 5.60 Å². The van der Waals surface area contributed by atoms with E-state index in [-0.39, 0.29) is 11.8 Å². The molecule has 0 heterocycles. The monoisotopic (exact) mass is 218 g/mol. The van der Waals surface area contributed by atoms with Crippen molar-refractivity contribution in [1.82, 2.24) is 0 Å². The van der Waals surface area contributed by atoms with Gasteiger partial charge in [-0.15, -0.1) is 0 Å². The van der Waals surface area contributed by atoms with E-state index in [2.05, 4.69) is 0 Å². The van der Waals surface area contributed by atoms with Gasteiger partial charge in [0.25, 0.3) is 0 Å². The lowest BCUT2D eigenvalue weighted by Gasteiger charge is -2.22. The van der Waals surface area contributed by atoms with Gasteiger partial charge in [-0.25, -0.2) is 0 Å². The highest BCUT2D eigenvalue weighted by molar-refractivity contribution is 6.07. The zero-order chi connectivity index (χ0) is 11.8. The molecular formula is C13H14O3. The standard InChI is InChI=1S/C13H14O3/c1-3-11(14)16-13(2)8-9-6-4-5-7-10(9)12(13)15/h4-7H,3,8H2,1-2H3. The fourth-order valence-electron chi connectivity index (χ4n) is 2.03. The predicted molar refractivity (Wildman–Crippen MR) is 59.3 cm³/mol. The SMILES string of the molecule is CCC(=O)OC1(C)Cc2ccccc2C1=O. The first-order valence-electron chi connectivity index (χ1n) is 5.41. The summed E-state index contributed by atoms with van der Waals surface area (Å²) < 4.78 is 5.25. The number of hydrogen-bond donors (Lipinski definition) is 0. The third kappa shape index (κ3) is 1.62. The fourth-order valence-corrected chi connectivity index (χ4v) is 2.03. The van der Waals surface area contributed by atoms with Gasteiger partial charge in [0.05, 0.1) is 0 Å². The van der Waals surface area contributed by atoms with Gasteiger partial charge in [-0.2, -0.15) is 0 Å². The van der Waals surface area contributed by atoms with Crippen molar-refractivity contribution in [2.75, 3.05) is 0 Å². The first-order chi connectivity index (χ1) is 7.57. The minimum atomic E-state index is -1.00. The van der Waals surface area contributed by atoms with E-state index in [0.29, 0.717) is 18.4 Å². The molecule has 3 nitrogen and oxygen atoms in total. The van der Waals surface area contributed by atoms with Crippen LogP contribution in [0.4, 0.5) is 0 Å². The van der Waals surface area contributed by atoms with Crippen LogP contribution in [0.1, 0.15) is 36.2 Å². The second-order valence-corrected chi connectivity index (χ2v) is 4.22. The molecule has 1 unspecified atom stereocenters. The Morgan fingerprint density at radius 2 is 2.12 bits per heavy atom. The van der Waals surface area contributed by atoms with Crippen LogP contribution >= 0.6 is 0 Å². The van der Waals surface area contributed by atoms with Crippen molar-refractivity contribution >= 4 is 11.8 Å². The molecule has 1 aliphatic rings. The Morgan fingerprint density at radius 3 is 2.75 bits per heavy atom. The molecule has 0 fully saturated rings. The summed E-state index contributed by atoms with van der Waals surface area (Å²) in [6, 6.07) is 7.39. The van der Waals surface area contributed by atoms with E-state index in [0.717, 1.165) is 5.56 Å². The molecule has 0 bridgehead atoms. The van der Waals surface area contributed by atoms with Gasteiger partial charge in [0.15, 0.2) is 5.60 Å². The van der Waals surface area contributed by atoms with Gasteiger partial charge in [-0.1, -0.05) is 31.2 Å². The fraction of sp³-hybridized carbons (Fsp3) is 0.385. The number of Topliss-reactive ketones (excluding diaryl/α,β-unsaturated/α-hetero) is 1. The van der Waals surface area contributed by atoms with E-state index in [1.807, 2.05) is 18.2 Å². The summed E-state index contributed by atoms with van der Waals surface area (Å²) in [5.74, 6) is -0.423. The highest BCUT2D eigenvalue weighted by Crippen LogP contribution is 2.32. The second kappa shape index (κ2) is 3.74. The Labute approximate surface area is 94.4 Å². The number of ether oxygens (including phenoxy) is 1. The van der Waals surface area contributed by atoms with Gasteiger partial charge in [0.1, 0.15) is 0 Å². The van der Waals surface area contributed by atoms with E-state index in [9.17, 15) is 9.59 Å². The van der Waals surface area contributed by atoms with Crippen molar-refractivity contribution in [2.24, 2.45) is 0 Å². The zero-order valence-corrected chi connectivity index (χ0v) is 9.45. The number of carbonyl (C=O) groups is 2. The van der Waals surface area contributed by atoms with E-state index in [1.165, 1.54) is 0 Å². The van der Waals surface area contributed by atoms with Crippen LogP contribution in [0.2, 0.25) is 0 Å². The molecule has 1 atom stereocenters. The molecule has 0 amide bonds. The third-order valence-corrected chi connectivity index (χ3v) is 2.90. The summed E-state index contributed by atoms with van der Waals surface area (Å²) in [6.45, 7) is 3.40. The first kappa shape index (κ1) is 10.9. The van der Waals surface area contributed by atoms with Crippen molar-refractivity contribution in [1.29, 1.82) is 0 Å². The number of benzene rings is 1. The number of rotatable bonds is 2. The van der Waals surface area contributed by atoms with Gasteiger partial charge >= 0.3 is 5.97 Å². The minimum absolute atomic E-state index is 0.0927. The Kier molecular flexibility index (Phi) is 2.54. The molecule has 1 aromatic rings. The summed E-state index contributed by atoms with van der Waals surface area (Å²) in [7, 11) is 0. The van der Waals surface area contributed by atoms with Crippen molar-refractivity contribution < 1.29 is 14.3 Å². The van der Waals surface area contributed by atoms with Crippen LogP contribution in [0.25, 0.3) is 0 Å². The Balaban J connectivity index is 2.30. The smallest absolute Gasteiger partial charge is 0.306 e. The van der Waals surface area contributed by atoms with E-state index in [4.69, 9.17) is 4.74 Å². The van der Waals surface area contributed by atoms with Crippen LogP contribution in [0.15, 0.2) is 24.3 Å². The zero-order valence-electron chi connectivity index (χ0n) is 9.45. The van der Waals surface area contributed by atoms with E-state index in [1.54, 1.807) is 19.9 Å². The summed E-state index contributed by atoms with van der Waals surface area (Å²) in [4.78, 5) is 23.4. The van der Waals surface area contributed by atoms with Crippen LogP contribution < -0.4 is 0 Å². The van der Waals surface area contributed by atoms with Crippen molar-refractivity contribution in [3.63, 3.8) is 0 Å². The molecule has 0 saturated carbocycles. The summed E-state index contributed by atoms with van der Waals surface area (Å²) in [5.41, 5.74) is 0.629. The quantitative estimate of drug-likeness (QED) is 0.714. The van der Waals surface area contributed by atoms with Crippen LogP contribution in [-0.4, -0.2) is 17.4 Å². The Bertz CT molecular complexity index is 450. The highest BCUT2D eigenvalue weighted by atomic mass is 16.6. The number of ketones is 1. The molecule has 84 valence electrons. The minimum Gasteiger partial charge on any atom is -0.451 e. The number of esters is 1. The maximum atomic E-state index is 12.1. The van der Waals surface area contributed by atoms with Crippen LogP contribution in [0.3, 0.4) is 0 Å². The maximum Gasteiger partial charge on any atom is 0.306 e. The molecule has 0 N–H and O–H groups in total. The molecule has 0 aromatic heterocycles. The largest absolute Gasteiger partial charge is 0.451 e. The Hall–Kier alpha value is -1.64. The average Bonchev–Trinajstić information content (AvgIpc) is 2.52. The predicted octanol–water partition coefficient (Wildman–Crippen LogP) is 2.14. The molecule has 1 aromatic carbocycles.